The van der Waals surface area contributed by atoms with E-state index in [-0.39, 0.29) is 5.91 Å². The number of primary amides is 1. The summed E-state index contributed by atoms with van der Waals surface area (Å²) >= 11 is 0. The summed E-state index contributed by atoms with van der Waals surface area (Å²) in [5, 5.41) is 0. The van der Waals surface area contributed by atoms with Gasteiger partial charge in [-0.15, -0.1) is 0 Å². The van der Waals surface area contributed by atoms with Crippen LogP contribution in [-0.2, 0) is 14.9 Å². The van der Waals surface area contributed by atoms with E-state index in [1.165, 1.54) is 0 Å². The lowest BCUT2D eigenvalue weighted by Gasteiger charge is -2.34. The average Bonchev–Trinajstić information content (AvgIpc) is 2.30. The molecule has 0 aromatic heterocycles. The fraction of sp³-hybridized carbons (Fsp3) is 0.462. The van der Waals surface area contributed by atoms with Crippen molar-refractivity contribution in [3.63, 3.8) is 0 Å². The van der Waals surface area contributed by atoms with Gasteiger partial charge in [-0.2, -0.15) is 0 Å². The Kier molecular flexibility index (Phi) is 2.97. The average molecular weight is 219 g/mol. The molecular weight excluding hydrogens is 202 g/mol. The Labute approximate surface area is 95.6 Å². The van der Waals surface area contributed by atoms with E-state index in [0.717, 1.165) is 11.1 Å². The molecule has 1 amide bonds. The molecule has 2 rings (SSSR count). The van der Waals surface area contributed by atoms with Crippen molar-refractivity contribution in [2.75, 3.05) is 13.2 Å². The quantitative estimate of drug-likeness (QED) is 0.820. The second-order valence-electron chi connectivity index (χ2n) is 4.43. The van der Waals surface area contributed by atoms with Crippen molar-refractivity contribution >= 4 is 5.91 Å². The number of rotatable bonds is 2. The van der Waals surface area contributed by atoms with E-state index in [1.54, 1.807) is 0 Å². The number of aryl methyl sites for hydroxylation is 1. The summed E-state index contributed by atoms with van der Waals surface area (Å²) in [7, 11) is 0. The Morgan fingerprint density at radius 2 is 2.06 bits per heavy atom. The van der Waals surface area contributed by atoms with Crippen LogP contribution in [0.15, 0.2) is 24.3 Å². The Balaban J connectivity index is 2.42. The molecule has 16 heavy (non-hydrogen) atoms. The third kappa shape index (κ3) is 1.83. The molecule has 0 bridgehead atoms. The van der Waals surface area contributed by atoms with Gasteiger partial charge in [0.15, 0.2) is 0 Å². The van der Waals surface area contributed by atoms with Crippen molar-refractivity contribution in [1.82, 2.24) is 0 Å². The third-order valence-corrected chi connectivity index (χ3v) is 3.39. The lowest BCUT2D eigenvalue weighted by atomic mass is 9.73. The van der Waals surface area contributed by atoms with E-state index in [9.17, 15) is 4.79 Å². The lowest BCUT2D eigenvalue weighted by Crippen LogP contribution is -2.45. The maximum Gasteiger partial charge on any atom is 0.228 e. The first-order chi connectivity index (χ1) is 7.65. The molecule has 1 saturated heterocycles. The summed E-state index contributed by atoms with van der Waals surface area (Å²) in [5.74, 6) is -0.235. The van der Waals surface area contributed by atoms with Gasteiger partial charge in [0, 0.05) is 13.2 Å². The van der Waals surface area contributed by atoms with E-state index < -0.39 is 5.41 Å². The van der Waals surface area contributed by atoms with Crippen LogP contribution in [0.4, 0.5) is 0 Å². The molecule has 1 fully saturated rings. The first-order valence-electron chi connectivity index (χ1n) is 5.60. The molecule has 1 aliphatic rings. The normalized spacial score (nSPS) is 19.3. The van der Waals surface area contributed by atoms with Crippen molar-refractivity contribution < 1.29 is 9.53 Å². The van der Waals surface area contributed by atoms with Gasteiger partial charge in [-0.05, 0) is 25.3 Å². The summed E-state index contributed by atoms with van der Waals surface area (Å²) in [4.78, 5) is 11.8. The van der Waals surface area contributed by atoms with Crippen LogP contribution in [0, 0.1) is 6.92 Å². The molecule has 3 heteroatoms. The molecule has 0 spiro atoms. The molecule has 1 aliphatic heterocycles. The number of amides is 1. The molecule has 0 radical (unpaired) electrons. The highest BCUT2D eigenvalue weighted by Gasteiger charge is 2.40. The summed E-state index contributed by atoms with van der Waals surface area (Å²) < 4.78 is 5.32. The van der Waals surface area contributed by atoms with Gasteiger partial charge in [0.05, 0.1) is 5.41 Å². The smallest absolute Gasteiger partial charge is 0.228 e. The highest BCUT2D eigenvalue weighted by atomic mass is 16.5. The van der Waals surface area contributed by atoms with Gasteiger partial charge >= 0.3 is 0 Å². The van der Waals surface area contributed by atoms with Gasteiger partial charge in [0.1, 0.15) is 0 Å². The molecule has 86 valence electrons. The molecule has 0 aliphatic carbocycles. The standard InChI is InChI=1S/C13H17NO2/c1-10-3-2-4-11(9-10)13(12(14)15)5-7-16-8-6-13/h2-4,9H,5-8H2,1H3,(H2,14,15). The second kappa shape index (κ2) is 4.26. The summed E-state index contributed by atoms with van der Waals surface area (Å²) in [6, 6.07) is 8.04. The van der Waals surface area contributed by atoms with Gasteiger partial charge in [-0.3, -0.25) is 4.79 Å². The van der Waals surface area contributed by atoms with Crippen LogP contribution < -0.4 is 5.73 Å². The molecule has 1 aromatic carbocycles. The highest BCUT2D eigenvalue weighted by molar-refractivity contribution is 5.86. The zero-order valence-corrected chi connectivity index (χ0v) is 9.53. The number of ether oxygens (including phenoxy) is 1. The minimum Gasteiger partial charge on any atom is -0.381 e. The topological polar surface area (TPSA) is 52.3 Å². The van der Waals surface area contributed by atoms with E-state index >= 15 is 0 Å². The van der Waals surface area contributed by atoms with Crippen molar-refractivity contribution in [1.29, 1.82) is 0 Å². The Bertz CT molecular complexity index is 395. The largest absolute Gasteiger partial charge is 0.381 e. The predicted octanol–water partition coefficient (Wildman–Crippen LogP) is 1.53. The number of hydrogen-bond acceptors (Lipinski definition) is 2. The molecule has 0 unspecified atom stereocenters. The van der Waals surface area contributed by atoms with Crippen LogP contribution in [0.2, 0.25) is 0 Å². The maximum absolute atomic E-state index is 11.8. The zero-order valence-electron chi connectivity index (χ0n) is 9.53. The minimum absolute atomic E-state index is 0.235. The fourth-order valence-corrected chi connectivity index (χ4v) is 2.34. The van der Waals surface area contributed by atoms with Gasteiger partial charge in [0.2, 0.25) is 5.91 Å². The number of carbonyl (C=O) groups is 1. The van der Waals surface area contributed by atoms with Crippen LogP contribution in [0.3, 0.4) is 0 Å². The number of carbonyl (C=O) groups excluding carboxylic acids is 1. The molecule has 3 nitrogen and oxygen atoms in total. The van der Waals surface area contributed by atoms with Crippen LogP contribution in [0.5, 0.6) is 0 Å². The first-order valence-corrected chi connectivity index (χ1v) is 5.60. The van der Waals surface area contributed by atoms with Gasteiger partial charge < -0.3 is 10.5 Å². The van der Waals surface area contributed by atoms with E-state index in [4.69, 9.17) is 10.5 Å². The summed E-state index contributed by atoms with van der Waals surface area (Å²) in [5.41, 5.74) is 7.25. The molecule has 1 heterocycles. The van der Waals surface area contributed by atoms with Crippen LogP contribution >= 0.6 is 0 Å². The van der Waals surface area contributed by atoms with E-state index in [2.05, 4.69) is 6.07 Å². The third-order valence-electron chi connectivity index (χ3n) is 3.39. The predicted molar refractivity (Wildman–Crippen MR) is 62.1 cm³/mol. The Hall–Kier alpha value is -1.35. The zero-order chi connectivity index (χ0) is 11.6. The number of nitrogens with two attached hydrogens (primary N) is 1. The number of benzene rings is 1. The fourth-order valence-electron chi connectivity index (χ4n) is 2.34. The molecule has 0 atom stereocenters. The SMILES string of the molecule is Cc1cccc(C2(C(N)=O)CCOCC2)c1. The van der Waals surface area contributed by atoms with Gasteiger partial charge in [-0.25, -0.2) is 0 Å². The first kappa shape index (κ1) is 11.1. The van der Waals surface area contributed by atoms with Gasteiger partial charge in [-0.1, -0.05) is 29.8 Å². The molecular formula is C13H17NO2. The van der Waals surface area contributed by atoms with E-state index in [0.29, 0.717) is 26.1 Å². The van der Waals surface area contributed by atoms with Crippen molar-refractivity contribution in [3.8, 4) is 0 Å². The Morgan fingerprint density at radius 1 is 1.38 bits per heavy atom. The van der Waals surface area contributed by atoms with Crippen molar-refractivity contribution in [3.05, 3.63) is 35.4 Å². The van der Waals surface area contributed by atoms with Crippen LogP contribution in [0.1, 0.15) is 24.0 Å². The second-order valence-corrected chi connectivity index (χ2v) is 4.43. The molecule has 1 aromatic rings. The Morgan fingerprint density at radius 3 is 2.62 bits per heavy atom. The highest BCUT2D eigenvalue weighted by Crippen LogP contribution is 2.34. The summed E-state index contributed by atoms with van der Waals surface area (Å²) in [6.45, 7) is 3.24. The van der Waals surface area contributed by atoms with Crippen LogP contribution in [0.25, 0.3) is 0 Å². The maximum atomic E-state index is 11.8. The lowest BCUT2D eigenvalue weighted by molar-refractivity contribution is -0.127. The molecule has 2 N–H and O–H groups in total. The van der Waals surface area contributed by atoms with Crippen molar-refractivity contribution in [2.45, 2.75) is 25.2 Å². The van der Waals surface area contributed by atoms with Crippen molar-refractivity contribution in [2.24, 2.45) is 5.73 Å². The minimum atomic E-state index is -0.524. The monoisotopic (exact) mass is 219 g/mol. The number of hydrogen-bond donors (Lipinski definition) is 1. The van der Waals surface area contributed by atoms with Crippen LogP contribution in [-0.4, -0.2) is 19.1 Å². The van der Waals surface area contributed by atoms with Gasteiger partial charge in [0.25, 0.3) is 0 Å². The summed E-state index contributed by atoms with van der Waals surface area (Å²) in [6.07, 6.45) is 1.37. The van der Waals surface area contributed by atoms with E-state index in [1.807, 2.05) is 25.1 Å². The molecule has 0 saturated carbocycles.